The second-order valence-corrected chi connectivity index (χ2v) is 7.33. The van der Waals surface area contributed by atoms with E-state index in [0.29, 0.717) is 17.2 Å². The monoisotopic (exact) mass is 408 g/mol. The molecule has 3 aromatic rings. The van der Waals surface area contributed by atoms with Gasteiger partial charge in [-0.2, -0.15) is 0 Å². The zero-order valence-corrected chi connectivity index (χ0v) is 15.3. The molecule has 0 spiro atoms. The maximum Gasteiger partial charge on any atom is 0.338 e. The van der Waals surface area contributed by atoms with E-state index in [1.54, 1.807) is 25.3 Å². The van der Waals surface area contributed by atoms with Crippen LogP contribution < -0.4 is 4.74 Å². The number of aryl methyl sites for hydroxylation is 1. The minimum atomic E-state index is -0.480. The zero-order chi connectivity index (χ0) is 17.1. The maximum absolute atomic E-state index is 12.1. The lowest BCUT2D eigenvalue weighted by molar-refractivity contribution is 0.0438. The fourth-order valence-corrected chi connectivity index (χ4v) is 3.31. The van der Waals surface area contributed by atoms with Crippen molar-refractivity contribution in [3.05, 3.63) is 51.1 Å². The molecule has 0 N–H and O–H groups in total. The highest BCUT2D eigenvalue weighted by Gasteiger charge is 2.14. The van der Waals surface area contributed by atoms with E-state index in [9.17, 15) is 4.79 Å². The molecule has 2 heterocycles. The van der Waals surface area contributed by atoms with E-state index in [2.05, 4.69) is 26.1 Å². The van der Waals surface area contributed by atoms with Gasteiger partial charge in [0.25, 0.3) is 11.8 Å². The molecular formula is C16H13BrN2O4S. The van der Waals surface area contributed by atoms with E-state index >= 15 is 0 Å². The van der Waals surface area contributed by atoms with Gasteiger partial charge in [0, 0.05) is 0 Å². The summed E-state index contributed by atoms with van der Waals surface area (Å²) in [6, 6.07) is 8.89. The number of aromatic nitrogens is 2. The van der Waals surface area contributed by atoms with Crippen LogP contribution in [0.15, 0.2) is 38.5 Å². The van der Waals surface area contributed by atoms with Gasteiger partial charge in [0.2, 0.25) is 0 Å². The number of esters is 1. The first-order chi connectivity index (χ1) is 11.6. The lowest BCUT2D eigenvalue weighted by atomic mass is 10.1. The quantitative estimate of drug-likeness (QED) is 0.587. The number of halogens is 1. The molecule has 0 saturated heterocycles. The van der Waals surface area contributed by atoms with Crippen molar-refractivity contribution >= 4 is 33.2 Å². The first-order valence-corrected chi connectivity index (χ1v) is 8.57. The molecule has 0 bridgehead atoms. The molecule has 0 atom stereocenters. The van der Waals surface area contributed by atoms with Crippen LogP contribution in [0.25, 0.3) is 10.8 Å². The van der Waals surface area contributed by atoms with Gasteiger partial charge in [0.15, 0.2) is 6.61 Å². The second kappa shape index (κ2) is 7.14. The predicted molar refractivity (Wildman–Crippen MR) is 92.2 cm³/mol. The highest BCUT2D eigenvalue weighted by molar-refractivity contribution is 9.11. The van der Waals surface area contributed by atoms with Crippen molar-refractivity contribution < 1.29 is 18.7 Å². The number of rotatable bonds is 5. The van der Waals surface area contributed by atoms with E-state index in [-0.39, 0.29) is 12.5 Å². The van der Waals surface area contributed by atoms with Crippen LogP contribution in [0.2, 0.25) is 0 Å². The Bertz CT molecular complexity index is 875. The molecule has 0 aliphatic carbocycles. The first-order valence-electron chi connectivity index (χ1n) is 6.96. The molecule has 0 saturated carbocycles. The minimum Gasteiger partial charge on any atom is -0.496 e. The van der Waals surface area contributed by atoms with Crippen molar-refractivity contribution in [3.8, 4) is 16.5 Å². The molecule has 0 amide bonds. The Balaban J connectivity index is 1.65. The number of carbonyl (C=O) groups excluding carboxylic acids is 1. The van der Waals surface area contributed by atoms with E-state index in [0.717, 1.165) is 14.2 Å². The van der Waals surface area contributed by atoms with Gasteiger partial charge in [-0.1, -0.05) is 6.07 Å². The molecule has 0 fully saturated rings. The van der Waals surface area contributed by atoms with Crippen LogP contribution in [0.4, 0.5) is 0 Å². The number of hydrogen-bond donors (Lipinski definition) is 0. The number of thiophene rings is 1. The molecule has 0 unspecified atom stereocenters. The fourth-order valence-electron chi connectivity index (χ4n) is 2.00. The van der Waals surface area contributed by atoms with Crippen LogP contribution in [-0.4, -0.2) is 23.3 Å². The summed E-state index contributed by atoms with van der Waals surface area (Å²) in [4.78, 5) is 12.9. The highest BCUT2D eigenvalue weighted by Crippen LogP contribution is 2.30. The third-order valence-corrected chi connectivity index (χ3v) is 4.83. The predicted octanol–water partition coefficient (Wildman–Crippen LogP) is 4.23. The summed E-state index contributed by atoms with van der Waals surface area (Å²) < 4.78 is 16.9. The molecule has 6 nitrogen and oxygen atoms in total. The number of hydrogen-bond acceptors (Lipinski definition) is 7. The van der Waals surface area contributed by atoms with E-state index in [4.69, 9.17) is 13.9 Å². The van der Waals surface area contributed by atoms with Crippen LogP contribution in [0, 0.1) is 6.92 Å². The van der Waals surface area contributed by atoms with Gasteiger partial charge in [-0.05, 0) is 52.7 Å². The van der Waals surface area contributed by atoms with Gasteiger partial charge in [-0.3, -0.25) is 0 Å². The van der Waals surface area contributed by atoms with Crippen molar-refractivity contribution in [2.24, 2.45) is 0 Å². The third-order valence-electron chi connectivity index (χ3n) is 3.22. The van der Waals surface area contributed by atoms with E-state index < -0.39 is 5.97 Å². The van der Waals surface area contributed by atoms with Gasteiger partial charge in [-0.15, -0.1) is 21.5 Å². The second-order valence-electron chi connectivity index (χ2n) is 4.87. The third kappa shape index (κ3) is 3.65. The van der Waals surface area contributed by atoms with Crippen LogP contribution >= 0.6 is 27.3 Å². The van der Waals surface area contributed by atoms with Crippen LogP contribution in [0.5, 0.6) is 5.75 Å². The molecule has 0 radical (unpaired) electrons. The zero-order valence-electron chi connectivity index (χ0n) is 12.9. The topological polar surface area (TPSA) is 74.5 Å². The number of methoxy groups -OCH3 is 1. The van der Waals surface area contributed by atoms with Crippen LogP contribution in [0.3, 0.4) is 0 Å². The van der Waals surface area contributed by atoms with Crippen LogP contribution in [-0.2, 0) is 11.3 Å². The normalized spacial score (nSPS) is 10.6. The van der Waals surface area contributed by atoms with Crippen molar-refractivity contribution in [3.63, 3.8) is 0 Å². The molecule has 2 aromatic heterocycles. The Labute approximate surface area is 150 Å². The standard InChI is InChI=1S/C16H13BrN2O4S/c1-9-3-4-10(7-11(9)21-2)16(20)22-8-14-18-19-15(23-14)12-5-6-13(17)24-12/h3-7H,8H2,1-2H3. The molecule has 8 heteroatoms. The lowest BCUT2D eigenvalue weighted by Crippen LogP contribution is -2.06. The van der Waals surface area contributed by atoms with Gasteiger partial charge < -0.3 is 13.9 Å². The molecule has 0 aliphatic rings. The van der Waals surface area contributed by atoms with Gasteiger partial charge >= 0.3 is 5.97 Å². The molecule has 24 heavy (non-hydrogen) atoms. The Kier molecular flexibility index (Phi) is 4.96. The lowest BCUT2D eigenvalue weighted by Gasteiger charge is -2.07. The van der Waals surface area contributed by atoms with Gasteiger partial charge in [0.05, 0.1) is 21.3 Å². The smallest absolute Gasteiger partial charge is 0.338 e. The van der Waals surface area contributed by atoms with Gasteiger partial charge in [0.1, 0.15) is 5.75 Å². The molecular weight excluding hydrogens is 396 g/mol. The first kappa shape index (κ1) is 16.7. The van der Waals surface area contributed by atoms with Gasteiger partial charge in [-0.25, -0.2) is 4.79 Å². The maximum atomic E-state index is 12.1. The number of ether oxygens (including phenoxy) is 2. The van der Waals surface area contributed by atoms with E-state index in [1.165, 1.54) is 11.3 Å². The molecule has 1 aromatic carbocycles. The summed E-state index contributed by atoms with van der Waals surface area (Å²) in [5, 5.41) is 7.84. The number of carbonyl (C=O) groups is 1. The fraction of sp³-hybridized carbons (Fsp3) is 0.188. The molecule has 0 aliphatic heterocycles. The Morgan fingerprint density at radius 1 is 1.29 bits per heavy atom. The highest BCUT2D eigenvalue weighted by atomic mass is 79.9. The number of nitrogens with zero attached hydrogens (tertiary/aromatic N) is 2. The Hall–Kier alpha value is -2.19. The van der Waals surface area contributed by atoms with Crippen LogP contribution in [0.1, 0.15) is 21.8 Å². The largest absolute Gasteiger partial charge is 0.496 e. The SMILES string of the molecule is COc1cc(C(=O)OCc2nnc(-c3ccc(Br)s3)o2)ccc1C. The summed E-state index contributed by atoms with van der Waals surface area (Å²) in [6.07, 6.45) is 0. The average molecular weight is 409 g/mol. The van der Waals surface area contributed by atoms with Crippen molar-refractivity contribution in [1.29, 1.82) is 0 Å². The summed E-state index contributed by atoms with van der Waals surface area (Å²) in [7, 11) is 1.56. The minimum absolute atomic E-state index is 0.0887. The van der Waals surface area contributed by atoms with Crippen molar-refractivity contribution in [2.45, 2.75) is 13.5 Å². The molecule has 124 valence electrons. The molecule has 3 rings (SSSR count). The van der Waals surface area contributed by atoms with Crippen molar-refractivity contribution in [1.82, 2.24) is 10.2 Å². The summed E-state index contributed by atoms with van der Waals surface area (Å²) in [5.74, 6) is 0.787. The average Bonchev–Trinajstić information content (AvgIpc) is 3.21. The van der Waals surface area contributed by atoms with Crippen molar-refractivity contribution in [2.75, 3.05) is 7.11 Å². The summed E-state index contributed by atoms with van der Waals surface area (Å²) >= 11 is 4.86. The Morgan fingerprint density at radius 3 is 2.83 bits per heavy atom. The summed E-state index contributed by atoms with van der Waals surface area (Å²) in [6.45, 7) is 1.81. The Morgan fingerprint density at radius 2 is 2.12 bits per heavy atom. The summed E-state index contributed by atoms with van der Waals surface area (Å²) in [5.41, 5.74) is 1.34. The van der Waals surface area contributed by atoms with E-state index in [1.807, 2.05) is 19.1 Å². The number of benzene rings is 1.